The standard InChI is InChI=1S/3C16H10.3C6H6.2C4H8O.2C3H7NO.2C3H6O2.9C2H6/c3*1-3-9-15(10-4-1)13-7-8-14-16-11-5-2-6-12-16;3*1-2-4-6-5-3-1;2*1-3-4(2)5;2*1-3(5)4-2;2*1-3(4)5-2;9*1-2/h3*1-6,9-12H;3*1-6H;2*3H2,1-2H3;2*1-2H3,(H,4,5);2*1-2H3;9*1-2H3. The van der Waals surface area contributed by atoms with E-state index in [1.807, 2.05) is 430 Å². The first kappa shape index (κ1) is 128. The zero-order valence-corrected chi connectivity index (χ0v) is 75.4. The smallest absolute Gasteiger partial charge is 0.302 e. The number of amides is 2. The molecular weight excluding hydrogens is 1410 g/mol. The number of rotatable bonds is 2. The van der Waals surface area contributed by atoms with Gasteiger partial charge >= 0.3 is 11.9 Å². The highest BCUT2D eigenvalue weighted by molar-refractivity contribution is 5.75. The van der Waals surface area contributed by atoms with Crippen LogP contribution in [0.3, 0.4) is 0 Å². The highest BCUT2D eigenvalue weighted by atomic mass is 16.5. The van der Waals surface area contributed by atoms with Crippen molar-refractivity contribution in [3.63, 3.8) is 0 Å². The van der Waals surface area contributed by atoms with Crippen LogP contribution in [0, 0.1) is 71.0 Å². The van der Waals surface area contributed by atoms with Gasteiger partial charge in [-0.25, -0.2) is 0 Å². The van der Waals surface area contributed by atoms with Gasteiger partial charge in [0.25, 0.3) is 0 Å². The fourth-order valence-electron chi connectivity index (χ4n) is 4.90. The van der Waals surface area contributed by atoms with Crippen LogP contribution in [-0.4, -0.2) is 63.6 Å². The number of methoxy groups -OCH3 is 2. The van der Waals surface area contributed by atoms with Gasteiger partial charge in [0.2, 0.25) is 11.8 Å². The molecule has 9 aromatic rings. The molecule has 0 atom stereocenters. The number of benzene rings is 9. The van der Waals surface area contributed by atoms with Crippen molar-refractivity contribution < 1.29 is 38.2 Å². The summed E-state index contributed by atoms with van der Waals surface area (Å²) in [6.07, 6.45) is 1.33. The SMILES string of the molecule is C(C#Cc1ccccc1)#Cc1ccccc1.C(C#Cc1ccccc1)#Cc1ccccc1.C(C#Cc1ccccc1)#Cc1ccccc1.CC.CC.CC.CC.CC.CC.CC.CC.CC.CCC(C)=O.CCC(C)=O.CNC(C)=O.CNC(C)=O.COC(C)=O.COC(C)=O.c1ccccc1.c1ccccc1.c1ccccc1. The molecular formula is C104H144N2O8. The van der Waals surface area contributed by atoms with Crippen LogP contribution in [0.2, 0.25) is 0 Å². The zero-order valence-electron chi connectivity index (χ0n) is 75.4. The Morgan fingerprint density at radius 3 is 0.368 bits per heavy atom. The molecule has 10 nitrogen and oxygen atoms in total. The molecule has 9 rings (SSSR count). The van der Waals surface area contributed by atoms with Crippen LogP contribution in [0.1, 0.15) is 226 Å². The van der Waals surface area contributed by atoms with Gasteiger partial charge in [0, 0.05) is 88.0 Å². The fraction of sp³-hybridized carbons (Fsp3) is 0.308. The predicted molar refractivity (Wildman–Crippen MR) is 498 cm³/mol. The van der Waals surface area contributed by atoms with E-state index in [2.05, 4.69) is 91.2 Å². The summed E-state index contributed by atoms with van der Waals surface area (Å²) in [5, 5.41) is 4.78. The number of nitrogens with one attached hydrogen (secondary N) is 2. The first-order valence-corrected chi connectivity index (χ1v) is 39.3. The Labute approximate surface area is 697 Å². The molecule has 2 N–H and O–H groups in total. The molecule has 2 amide bonds. The van der Waals surface area contributed by atoms with Crippen LogP contribution >= 0.6 is 0 Å². The Kier molecular flexibility index (Phi) is 140. The minimum Gasteiger partial charge on any atom is -0.469 e. The lowest BCUT2D eigenvalue weighted by Crippen LogP contribution is -2.11. The van der Waals surface area contributed by atoms with Gasteiger partial charge in [-0.3, -0.25) is 19.2 Å². The molecule has 10 heteroatoms. The normalized spacial score (nSPS) is 7.07. The number of ether oxygens (including phenoxy) is 2. The Hall–Kier alpha value is -12.4. The number of Topliss-reactive ketones (excluding diaryl/α,β-unsaturated/α-hetero) is 2. The van der Waals surface area contributed by atoms with Gasteiger partial charge in [-0.1, -0.05) is 392 Å². The molecule has 0 aliphatic carbocycles. The molecule has 0 saturated heterocycles. The van der Waals surface area contributed by atoms with Crippen LogP contribution < -0.4 is 10.6 Å². The van der Waals surface area contributed by atoms with E-state index < -0.39 is 0 Å². The third kappa shape index (κ3) is 129. The first-order valence-electron chi connectivity index (χ1n) is 39.3. The van der Waals surface area contributed by atoms with Crippen molar-refractivity contribution >= 4 is 35.3 Å². The minimum absolute atomic E-state index is 0.00463. The highest BCUT2D eigenvalue weighted by Crippen LogP contribution is 1.99. The third-order valence-corrected chi connectivity index (χ3v) is 10.3. The highest BCUT2D eigenvalue weighted by Gasteiger charge is 1.85. The largest absolute Gasteiger partial charge is 0.469 e. The van der Waals surface area contributed by atoms with Crippen LogP contribution in [0.15, 0.2) is 291 Å². The van der Waals surface area contributed by atoms with Crippen molar-refractivity contribution in [1.29, 1.82) is 0 Å². The van der Waals surface area contributed by atoms with Crippen molar-refractivity contribution in [3.8, 4) is 71.0 Å². The summed E-state index contributed by atoms with van der Waals surface area (Å²) in [4.78, 5) is 58.2. The summed E-state index contributed by atoms with van der Waals surface area (Å²) in [5.74, 6) is 35.0. The maximum atomic E-state index is 9.81. The minimum atomic E-state index is -0.245. The Balaban J connectivity index is -0.000000101. The molecule has 0 saturated carbocycles. The zero-order chi connectivity index (χ0) is 89.6. The van der Waals surface area contributed by atoms with Gasteiger partial charge in [-0.15, -0.1) is 0 Å². The lowest BCUT2D eigenvalue weighted by atomic mass is 10.2. The Morgan fingerprint density at radius 2 is 0.307 bits per heavy atom. The predicted octanol–water partition coefficient (Wildman–Crippen LogP) is 25.4. The molecule has 0 unspecified atom stereocenters. The summed E-state index contributed by atoms with van der Waals surface area (Å²) >= 11 is 0. The lowest BCUT2D eigenvalue weighted by molar-refractivity contribution is -0.138. The van der Waals surface area contributed by atoms with Gasteiger partial charge in [0.05, 0.1) is 14.2 Å². The number of carbonyl (C=O) groups is 6. The van der Waals surface area contributed by atoms with E-state index in [4.69, 9.17) is 0 Å². The average Bonchev–Trinajstić information content (AvgIpc) is 0.989. The van der Waals surface area contributed by atoms with Crippen molar-refractivity contribution in [2.75, 3.05) is 28.3 Å². The quantitative estimate of drug-likeness (QED) is 0.129. The van der Waals surface area contributed by atoms with E-state index in [1.54, 1.807) is 27.9 Å². The molecule has 114 heavy (non-hydrogen) atoms. The molecule has 0 fully saturated rings. The van der Waals surface area contributed by atoms with E-state index in [-0.39, 0.29) is 35.3 Å². The maximum absolute atomic E-state index is 9.81. The van der Waals surface area contributed by atoms with Gasteiger partial charge in [0.15, 0.2) is 0 Å². The van der Waals surface area contributed by atoms with Gasteiger partial charge in [-0.05, 0) is 122 Å². The summed E-state index contributed by atoms with van der Waals surface area (Å²) in [6, 6.07) is 95.1. The van der Waals surface area contributed by atoms with Crippen LogP contribution in [0.4, 0.5) is 0 Å². The van der Waals surface area contributed by atoms with Crippen molar-refractivity contribution in [2.45, 2.75) is 193 Å². The van der Waals surface area contributed by atoms with E-state index in [1.165, 1.54) is 41.9 Å². The molecule has 9 aromatic carbocycles. The summed E-state index contributed by atoms with van der Waals surface area (Å²) in [5.41, 5.74) is 5.94. The second-order valence-electron chi connectivity index (χ2n) is 18.3. The topological polar surface area (TPSA) is 145 Å². The summed E-state index contributed by atoms with van der Waals surface area (Å²) < 4.78 is 8.22. The van der Waals surface area contributed by atoms with E-state index in [0.29, 0.717) is 12.8 Å². The summed E-state index contributed by atoms with van der Waals surface area (Å²) in [7, 11) is 5.90. The molecule has 0 bridgehead atoms. The number of ketones is 2. The third-order valence-electron chi connectivity index (χ3n) is 10.3. The molecule has 0 aliphatic heterocycles. The van der Waals surface area contributed by atoms with Crippen molar-refractivity contribution in [3.05, 3.63) is 325 Å². The average molecular weight is 1550 g/mol. The van der Waals surface area contributed by atoms with E-state index in [9.17, 15) is 28.8 Å². The van der Waals surface area contributed by atoms with Gasteiger partial charge < -0.3 is 29.7 Å². The fourth-order valence-corrected chi connectivity index (χ4v) is 4.90. The number of esters is 2. The molecule has 0 spiro atoms. The van der Waals surface area contributed by atoms with Crippen LogP contribution in [0.25, 0.3) is 0 Å². The monoisotopic (exact) mass is 1550 g/mol. The molecule has 0 aromatic heterocycles. The van der Waals surface area contributed by atoms with Gasteiger partial charge in [-0.2, -0.15) is 0 Å². The first-order chi connectivity index (χ1) is 55.5. The molecule has 0 heterocycles. The summed E-state index contributed by atoms with van der Waals surface area (Å²) in [6.45, 7) is 48.5. The molecule has 618 valence electrons. The van der Waals surface area contributed by atoms with E-state index >= 15 is 0 Å². The number of hydrogen-bond acceptors (Lipinski definition) is 8. The van der Waals surface area contributed by atoms with Crippen molar-refractivity contribution in [2.24, 2.45) is 0 Å². The van der Waals surface area contributed by atoms with Crippen LogP contribution in [0.5, 0.6) is 0 Å². The van der Waals surface area contributed by atoms with E-state index in [0.717, 1.165) is 33.4 Å². The van der Waals surface area contributed by atoms with Gasteiger partial charge in [0.1, 0.15) is 11.6 Å². The Morgan fingerprint density at radius 1 is 0.228 bits per heavy atom. The molecule has 0 aliphatic rings. The lowest BCUT2D eigenvalue weighted by Gasteiger charge is -1.84. The second kappa shape index (κ2) is 124. The molecule has 0 radical (unpaired) electrons. The van der Waals surface area contributed by atoms with Crippen LogP contribution in [-0.2, 0) is 38.2 Å². The Bertz CT molecular complexity index is 3090. The maximum Gasteiger partial charge on any atom is 0.302 e. The number of carbonyl (C=O) groups excluding carboxylic acids is 6. The second-order valence-corrected chi connectivity index (χ2v) is 18.3. The van der Waals surface area contributed by atoms with Crippen molar-refractivity contribution in [1.82, 2.24) is 10.6 Å². The number of hydrogen-bond donors (Lipinski definition) is 2.